The molecule has 3 nitrogen and oxygen atoms in total. The molecule has 0 bridgehead atoms. The summed E-state index contributed by atoms with van der Waals surface area (Å²) in [4.78, 5) is 14.5. The molecule has 1 aromatic rings. The lowest BCUT2D eigenvalue weighted by atomic mass is 10.0. The lowest BCUT2D eigenvalue weighted by Gasteiger charge is -2.22. The first kappa shape index (κ1) is 15.4. The monoisotopic (exact) mass is 300 g/mol. The van der Waals surface area contributed by atoms with Gasteiger partial charge in [-0.05, 0) is 55.9 Å². The highest BCUT2D eigenvalue weighted by molar-refractivity contribution is 5.91. The maximum absolute atomic E-state index is 12.1. The number of nitrogens with zero attached hydrogens (tertiary/aromatic N) is 1. The molecule has 2 fully saturated rings. The Morgan fingerprint density at radius 1 is 0.955 bits per heavy atom. The summed E-state index contributed by atoms with van der Waals surface area (Å²) in [5.41, 5.74) is 2.22. The second-order valence-corrected chi connectivity index (χ2v) is 6.85. The fourth-order valence-corrected chi connectivity index (χ4v) is 3.77. The van der Waals surface area contributed by atoms with Gasteiger partial charge < -0.3 is 10.2 Å². The van der Waals surface area contributed by atoms with Crippen molar-refractivity contribution in [2.24, 2.45) is 5.92 Å². The number of carbonyl (C=O) groups excluding carboxylic acids is 1. The Morgan fingerprint density at radius 3 is 2.23 bits per heavy atom. The topological polar surface area (TPSA) is 32.3 Å². The first-order valence-electron chi connectivity index (χ1n) is 8.96. The molecule has 0 aromatic heterocycles. The number of nitrogens with one attached hydrogen (secondary N) is 1. The van der Waals surface area contributed by atoms with E-state index in [2.05, 4.69) is 22.3 Å². The van der Waals surface area contributed by atoms with Crippen LogP contribution in [0.5, 0.6) is 0 Å². The third-order valence-electron chi connectivity index (χ3n) is 5.07. The molecule has 1 N–H and O–H groups in total. The first-order chi connectivity index (χ1) is 10.8. The van der Waals surface area contributed by atoms with Gasteiger partial charge in [0, 0.05) is 30.9 Å². The average molecular weight is 300 g/mol. The van der Waals surface area contributed by atoms with Crippen LogP contribution in [0, 0.1) is 5.92 Å². The van der Waals surface area contributed by atoms with E-state index >= 15 is 0 Å². The van der Waals surface area contributed by atoms with Gasteiger partial charge in [-0.1, -0.05) is 25.7 Å². The Balaban J connectivity index is 1.53. The van der Waals surface area contributed by atoms with Crippen LogP contribution in [0.25, 0.3) is 0 Å². The minimum atomic E-state index is 0.175. The van der Waals surface area contributed by atoms with Crippen molar-refractivity contribution in [1.82, 2.24) is 0 Å². The van der Waals surface area contributed by atoms with Crippen molar-refractivity contribution in [2.45, 2.75) is 57.8 Å². The van der Waals surface area contributed by atoms with E-state index in [9.17, 15) is 4.79 Å². The Labute approximate surface area is 134 Å². The van der Waals surface area contributed by atoms with Crippen LogP contribution < -0.4 is 10.2 Å². The van der Waals surface area contributed by atoms with Crippen molar-refractivity contribution in [1.29, 1.82) is 0 Å². The van der Waals surface area contributed by atoms with Gasteiger partial charge in [0.1, 0.15) is 0 Å². The van der Waals surface area contributed by atoms with Crippen LogP contribution in [0.1, 0.15) is 57.8 Å². The highest BCUT2D eigenvalue weighted by atomic mass is 16.1. The summed E-state index contributed by atoms with van der Waals surface area (Å²) in [5.74, 6) is 0.783. The summed E-state index contributed by atoms with van der Waals surface area (Å²) < 4.78 is 0. The van der Waals surface area contributed by atoms with E-state index in [1.807, 2.05) is 12.1 Å². The third kappa shape index (κ3) is 4.25. The average Bonchev–Trinajstić information content (AvgIpc) is 2.87. The molecule has 22 heavy (non-hydrogen) atoms. The van der Waals surface area contributed by atoms with Crippen molar-refractivity contribution in [3.63, 3.8) is 0 Å². The fourth-order valence-electron chi connectivity index (χ4n) is 3.77. The van der Waals surface area contributed by atoms with Crippen molar-refractivity contribution in [3.8, 4) is 0 Å². The molecule has 120 valence electrons. The molecule has 1 aliphatic heterocycles. The number of hydrogen-bond acceptors (Lipinski definition) is 2. The molecule has 0 unspecified atom stereocenters. The molecule has 3 rings (SSSR count). The van der Waals surface area contributed by atoms with E-state index in [0.717, 1.165) is 18.8 Å². The zero-order valence-corrected chi connectivity index (χ0v) is 13.5. The van der Waals surface area contributed by atoms with Gasteiger partial charge in [-0.3, -0.25) is 4.79 Å². The van der Waals surface area contributed by atoms with Crippen molar-refractivity contribution in [2.75, 3.05) is 23.3 Å². The standard InChI is InChI=1S/C19H28N2O/c22-19(15-16-7-3-4-8-16)20-17-9-11-18(12-10-17)21-13-5-1-2-6-14-21/h9-12,16H,1-8,13-15H2,(H,20,22). The van der Waals surface area contributed by atoms with Crippen LogP contribution in [-0.4, -0.2) is 19.0 Å². The molecule has 1 saturated heterocycles. The van der Waals surface area contributed by atoms with Gasteiger partial charge in [0.25, 0.3) is 0 Å². The van der Waals surface area contributed by atoms with Crippen molar-refractivity contribution in [3.05, 3.63) is 24.3 Å². The number of benzene rings is 1. The van der Waals surface area contributed by atoms with Gasteiger partial charge in [0.2, 0.25) is 5.91 Å². The molecule has 1 saturated carbocycles. The number of anilines is 2. The predicted molar refractivity (Wildman–Crippen MR) is 92.3 cm³/mol. The highest BCUT2D eigenvalue weighted by Gasteiger charge is 2.18. The maximum Gasteiger partial charge on any atom is 0.224 e. The van der Waals surface area contributed by atoms with Gasteiger partial charge in [0.05, 0.1) is 0 Å². The number of carbonyl (C=O) groups is 1. The van der Waals surface area contributed by atoms with Crippen LogP contribution in [-0.2, 0) is 4.79 Å². The largest absolute Gasteiger partial charge is 0.372 e. The minimum Gasteiger partial charge on any atom is -0.372 e. The Kier molecular flexibility index (Phi) is 5.36. The third-order valence-corrected chi connectivity index (χ3v) is 5.07. The lowest BCUT2D eigenvalue weighted by Crippen LogP contribution is -2.23. The molecule has 0 radical (unpaired) electrons. The SMILES string of the molecule is O=C(CC1CCCC1)Nc1ccc(N2CCCCCC2)cc1. The highest BCUT2D eigenvalue weighted by Crippen LogP contribution is 2.28. The fraction of sp³-hybridized carbons (Fsp3) is 0.632. The molecule has 1 aromatic carbocycles. The molecule has 0 atom stereocenters. The van der Waals surface area contributed by atoms with Crippen molar-refractivity contribution >= 4 is 17.3 Å². The normalized spacial score (nSPS) is 19.9. The van der Waals surface area contributed by atoms with Crippen LogP contribution in [0.15, 0.2) is 24.3 Å². The Bertz CT molecular complexity index is 469. The Hall–Kier alpha value is -1.51. The van der Waals surface area contributed by atoms with Crippen LogP contribution >= 0.6 is 0 Å². The van der Waals surface area contributed by atoms with Crippen LogP contribution in [0.3, 0.4) is 0 Å². The number of amides is 1. The summed E-state index contributed by atoms with van der Waals surface area (Å²) in [6.07, 6.45) is 11.0. The van der Waals surface area contributed by atoms with E-state index < -0.39 is 0 Å². The summed E-state index contributed by atoms with van der Waals surface area (Å²) in [6.45, 7) is 2.32. The van der Waals surface area contributed by atoms with Crippen LogP contribution in [0.2, 0.25) is 0 Å². The zero-order valence-electron chi connectivity index (χ0n) is 13.5. The van der Waals surface area contributed by atoms with Gasteiger partial charge in [0.15, 0.2) is 0 Å². The summed E-state index contributed by atoms with van der Waals surface area (Å²) in [6, 6.07) is 8.40. The van der Waals surface area contributed by atoms with Crippen molar-refractivity contribution < 1.29 is 4.79 Å². The molecule has 1 heterocycles. The second kappa shape index (κ2) is 7.66. The first-order valence-corrected chi connectivity index (χ1v) is 8.96. The number of rotatable bonds is 4. The van der Waals surface area contributed by atoms with Gasteiger partial charge >= 0.3 is 0 Å². The lowest BCUT2D eigenvalue weighted by molar-refractivity contribution is -0.117. The van der Waals surface area contributed by atoms with E-state index in [-0.39, 0.29) is 5.91 Å². The molecule has 1 aliphatic carbocycles. The van der Waals surface area contributed by atoms with E-state index in [4.69, 9.17) is 0 Å². The Morgan fingerprint density at radius 2 is 1.59 bits per heavy atom. The molecule has 0 spiro atoms. The minimum absolute atomic E-state index is 0.175. The van der Waals surface area contributed by atoms with Gasteiger partial charge in [-0.2, -0.15) is 0 Å². The summed E-state index contributed by atoms with van der Waals surface area (Å²) in [7, 11) is 0. The maximum atomic E-state index is 12.1. The molecule has 2 aliphatic rings. The zero-order chi connectivity index (χ0) is 15.2. The molecular weight excluding hydrogens is 272 g/mol. The predicted octanol–water partition coefficient (Wildman–Crippen LogP) is 4.59. The molecule has 3 heteroatoms. The van der Waals surface area contributed by atoms with Gasteiger partial charge in [-0.15, -0.1) is 0 Å². The summed E-state index contributed by atoms with van der Waals surface area (Å²) in [5, 5.41) is 3.05. The second-order valence-electron chi connectivity index (χ2n) is 6.85. The van der Waals surface area contributed by atoms with E-state index in [1.165, 1.54) is 57.1 Å². The quantitative estimate of drug-likeness (QED) is 0.882. The van der Waals surface area contributed by atoms with Gasteiger partial charge in [-0.25, -0.2) is 0 Å². The smallest absolute Gasteiger partial charge is 0.224 e. The van der Waals surface area contributed by atoms with Crippen LogP contribution in [0.4, 0.5) is 11.4 Å². The van der Waals surface area contributed by atoms with E-state index in [0.29, 0.717) is 12.3 Å². The number of hydrogen-bond donors (Lipinski definition) is 1. The molecular formula is C19H28N2O. The summed E-state index contributed by atoms with van der Waals surface area (Å²) >= 11 is 0. The molecule has 1 amide bonds. The van der Waals surface area contributed by atoms with E-state index in [1.54, 1.807) is 0 Å².